The average molecular weight is 345 g/mol. The van der Waals surface area contributed by atoms with E-state index in [1.165, 1.54) is 7.11 Å². The van der Waals surface area contributed by atoms with E-state index in [-0.39, 0.29) is 25.1 Å². The molecule has 4 N–H and O–H groups in total. The van der Waals surface area contributed by atoms with E-state index in [2.05, 4.69) is 4.90 Å². The summed E-state index contributed by atoms with van der Waals surface area (Å²) in [4.78, 5) is 14.0. The summed E-state index contributed by atoms with van der Waals surface area (Å²) >= 11 is 0. The monoisotopic (exact) mass is 344 g/mol. The molecule has 0 spiro atoms. The first-order chi connectivity index (χ1) is 10.5. The Hall–Kier alpha value is -1.34. The molecule has 0 amide bonds. The number of hydrogen-bond donors (Lipinski definition) is 3. The molecule has 0 bridgehead atoms. The molecule has 23 heavy (non-hydrogen) atoms. The van der Waals surface area contributed by atoms with Crippen molar-refractivity contribution in [3.8, 4) is 0 Å². The molecule has 1 aliphatic heterocycles. The standard InChI is InChI=1S/C16H24N2O4.ClH/c1-22-16(21)12-6-11(8-15(20)10-19)7-14(9-12)18-4-2-13(17)3-5-18;/h6-7,9,13,15,19-20H,2-5,8,10,17H2,1H3;1H. The zero-order chi connectivity index (χ0) is 16.1. The van der Waals surface area contributed by atoms with Crippen LogP contribution < -0.4 is 10.6 Å². The maximum Gasteiger partial charge on any atom is 0.337 e. The Morgan fingerprint density at radius 1 is 1.39 bits per heavy atom. The lowest BCUT2D eigenvalue weighted by molar-refractivity contribution is 0.0600. The van der Waals surface area contributed by atoms with Crippen LogP contribution in [0.1, 0.15) is 28.8 Å². The van der Waals surface area contributed by atoms with E-state index in [9.17, 15) is 9.90 Å². The zero-order valence-electron chi connectivity index (χ0n) is 13.3. The summed E-state index contributed by atoms with van der Waals surface area (Å²) in [6.07, 6.45) is 1.28. The molecular formula is C16H25ClN2O4. The van der Waals surface area contributed by atoms with Gasteiger partial charge in [0.2, 0.25) is 0 Å². The molecule has 0 aromatic heterocycles. The molecule has 1 heterocycles. The maximum absolute atomic E-state index is 11.8. The minimum absolute atomic E-state index is 0. The Bertz CT molecular complexity index is 519. The molecule has 1 aromatic carbocycles. The van der Waals surface area contributed by atoms with Crippen LogP contribution in [0, 0.1) is 0 Å². The van der Waals surface area contributed by atoms with Crippen LogP contribution in [0.25, 0.3) is 0 Å². The van der Waals surface area contributed by atoms with Gasteiger partial charge in [-0.15, -0.1) is 12.4 Å². The highest BCUT2D eigenvalue weighted by Gasteiger charge is 2.19. The van der Waals surface area contributed by atoms with E-state index in [1.54, 1.807) is 12.1 Å². The van der Waals surface area contributed by atoms with Crippen molar-refractivity contribution in [2.75, 3.05) is 31.7 Å². The lowest BCUT2D eigenvalue weighted by Crippen LogP contribution is -2.39. The number of hydrogen-bond acceptors (Lipinski definition) is 6. The van der Waals surface area contributed by atoms with Gasteiger partial charge in [-0.05, 0) is 36.6 Å². The van der Waals surface area contributed by atoms with Gasteiger partial charge in [0.25, 0.3) is 0 Å². The van der Waals surface area contributed by atoms with Crippen LogP contribution in [0.4, 0.5) is 5.69 Å². The highest BCUT2D eigenvalue weighted by molar-refractivity contribution is 5.90. The smallest absolute Gasteiger partial charge is 0.337 e. The van der Waals surface area contributed by atoms with Crippen molar-refractivity contribution in [2.24, 2.45) is 5.73 Å². The van der Waals surface area contributed by atoms with Gasteiger partial charge in [0.15, 0.2) is 0 Å². The molecule has 0 saturated carbocycles. The molecule has 1 atom stereocenters. The number of carbonyl (C=O) groups excluding carboxylic acids is 1. The third kappa shape index (κ3) is 5.35. The Balaban J connectivity index is 0.00000264. The summed E-state index contributed by atoms with van der Waals surface area (Å²) in [6.45, 7) is 1.37. The van der Waals surface area contributed by atoms with Crippen LogP contribution in [-0.2, 0) is 11.2 Å². The van der Waals surface area contributed by atoms with E-state index in [1.807, 2.05) is 6.07 Å². The van der Waals surface area contributed by atoms with Gasteiger partial charge in [0.05, 0.1) is 25.4 Å². The van der Waals surface area contributed by atoms with E-state index in [0.717, 1.165) is 37.2 Å². The molecule has 6 nitrogen and oxygen atoms in total. The summed E-state index contributed by atoms with van der Waals surface area (Å²) in [5.41, 5.74) is 8.11. The number of rotatable bonds is 5. The normalized spacial score (nSPS) is 16.6. The molecule has 0 radical (unpaired) electrons. The number of aliphatic hydroxyl groups is 2. The van der Waals surface area contributed by atoms with Gasteiger partial charge >= 0.3 is 5.97 Å². The van der Waals surface area contributed by atoms with Gasteiger partial charge in [0.1, 0.15) is 0 Å². The van der Waals surface area contributed by atoms with E-state index in [4.69, 9.17) is 15.6 Å². The number of carbonyl (C=O) groups is 1. The topological polar surface area (TPSA) is 96.0 Å². The van der Waals surface area contributed by atoms with Crippen molar-refractivity contribution in [1.29, 1.82) is 0 Å². The average Bonchev–Trinajstić information content (AvgIpc) is 2.54. The largest absolute Gasteiger partial charge is 0.465 e. The molecule has 1 unspecified atom stereocenters. The number of ether oxygens (including phenoxy) is 1. The number of anilines is 1. The fourth-order valence-electron chi connectivity index (χ4n) is 2.70. The molecular weight excluding hydrogens is 320 g/mol. The van der Waals surface area contributed by atoms with Crippen molar-refractivity contribution in [3.63, 3.8) is 0 Å². The van der Waals surface area contributed by atoms with Gasteiger partial charge in [-0.2, -0.15) is 0 Å². The summed E-state index contributed by atoms with van der Waals surface area (Å²) < 4.78 is 4.79. The van der Waals surface area contributed by atoms with Gasteiger partial charge in [-0.25, -0.2) is 4.79 Å². The molecule has 2 rings (SSSR count). The lowest BCUT2D eigenvalue weighted by atomic mass is 10.0. The number of benzene rings is 1. The molecule has 1 aliphatic rings. The minimum atomic E-state index is -0.837. The molecule has 1 saturated heterocycles. The fourth-order valence-corrected chi connectivity index (χ4v) is 2.70. The Kier molecular flexibility index (Phi) is 7.78. The highest BCUT2D eigenvalue weighted by atomic mass is 35.5. The Labute approximate surface area is 142 Å². The predicted octanol–water partition coefficient (Wildman–Crippen LogP) is 0.718. The number of methoxy groups -OCH3 is 1. The first-order valence-electron chi connectivity index (χ1n) is 7.55. The van der Waals surface area contributed by atoms with E-state index < -0.39 is 12.1 Å². The van der Waals surface area contributed by atoms with Crippen molar-refractivity contribution in [1.82, 2.24) is 0 Å². The summed E-state index contributed by atoms with van der Waals surface area (Å²) in [6, 6.07) is 5.68. The first-order valence-corrected chi connectivity index (χ1v) is 7.55. The van der Waals surface area contributed by atoms with Crippen LogP contribution in [0.2, 0.25) is 0 Å². The van der Waals surface area contributed by atoms with Crippen LogP contribution in [0.3, 0.4) is 0 Å². The third-order valence-electron chi connectivity index (χ3n) is 3.99. The molecule has 130 valence electrons. The number of halogens is 1. The second-order valence-electron chi connectivity index (χ2n) is 5.74. The van der Waals surface area contributed by atoms with Crippen LogP contribution in [-0.4, -0.2) is 55.1 Å². The van der Waals surface area contributed by atoms with E-state index >= 15 is 0 Å². The Morgan fingerprint density at radius 3 is 2.61 bits per heavy atom. The summed E-state index contributed by atoms with van der Waals surface area (Å²) in [7, 11) is 1.34. The van der Waals surface area contributed by atoms with Crippen molar-refractivity contribution >= 4 is 24.1 Å². The SMILES string of the molecule is COC(=O)c1cc(CC(O)CO)cc(N2CCC(N)CC2)c1.Cl. The zero-order valence-corrected chi connectivity index (χ0v) is 14.1. The number of esters is 1. The summed E-state index contributed by atoms with van der Waals surface area (Å²) in [5, 5.41) is 18.6. The van der Waals surface area contributed by atoms with Crippen molar-refractivity contribution in [2.45, 2.75) is 31.4 Å². The van der Waals surface area contributed by atoms with Crippen LogP contribution in [0.15, 0.2) is 18.2 Å². The van der Waals surface area contributed by atoms with Gasteiger partial charge in [-0.3, -0.25) is 0 Å². The number of nitrogens with zero attached hydrogens (tertiary/aromatic N) is 1. The molecule has 1 aromatic rings. The minimum Gasteiger partial charge on any atom is -0.465 e. The third-order valence-corrected chi connectivity index (χ3v) is 3.99. The fraction of sp³-hybridized carbons (Fsp3) is 0.562. The van der Waals surface area contributed by atoms with Crippen LogP contribution in [0.5, 0.6) is 0 Å². The number of nitrogens with two attached hydrogens (primary N) is 1. The van der Waals surface area contributed by atoms with E-state index in [0.29, 0.717) is 12.0 Å². The first kappa shape index (κ1) is 19.7. The second-order valence-corrected chi connectivity index (χ2v) is 5.74. The van der Waals surface area contributed by atoms with Crippen LogP contribution >= 0.6 is 12.4 Å². The Morgan fingerprint density at radius 2 is 2.04 bits per heavy atom. The maximum atomic E-state index is 11.8. The number of piperidine rings is 1. The number of aliphatic hydroxyl groups excluding tert-OH is 2. The lowest BCUT2D eigenvalue weighted by Gasteiger charge is -2.32. The molecule has 0 aliphatic carbocycles. The van der Waals surface area contributed by atoms with Crippen molar-refractivity contribution < 1.29 is 19.7 Å². The highest BCUT2D eigenvalue weighted by Crippen LogP contribution is 2.24. The summed E-state index contributed by atoms with van der Waals surface area (Å²) in [5.74, 6) is -0.407. The predicted molar refractivity (Wildman–Crippen MR) is 91.2 cm³/mol. The van der Waals surface area contributed by atoms with Crippen molar-refractivity contribution in [3.05, 3.63) is 29.3 Å². The van der Waals surface area contributed by atoms with Gasteiger partial charge < -0.3 is 25.6 Å². The molecule has 7 heteroatoms. The molecule has 1 fully saturated rings. The quantitative estimate of drug-likeness (QED) is 0.681. The second kappa shape index (κ2) is 9.08. The van der Waals surface area contributed by atoms with Gasteiger partial charge in [0, 0.05) is 31.2 Å². The van der Waals surface area contributed by atoms with Gasteiger partial charge in [-0.1, -0.05) is 0 Å².